The third-order valence-electron chi connectivity index (χ3n) is 4.21. The predicted molar refractivity (Wildman–Crippen MR) is 74.0 cm³/mol. The SMILES string of the molecule is O=C(CN1CCN(CC(F)(F)F)CC1)NC1CCCCC1. The van der Waals surface area contributed by atoms with Gasteiger partial charge >= 0.3 is 6.18 Å². The fourth-order valence-electron chi connectivity index (χ4n) is 3.08. The zero-order valence-corrected chi connectivity index (χ0v) is 12.3. The van der Waals surface area contributed by atoms with Crippen molar-refractivity contribution in [2.24, 2.45) is 0 Å². The van der Waals surface area contributed by atoms with E-state index in [9.17, 15) is 18.0 Å². The van der Waals surface area contributed by atoms with Crippen LogP contribution in [0, 0.1) is 0 Å². The van der Waals surface area contributed by atoms with E-state index in [0.29, 0.717) is 32.7 Å². The molecule has 0 aromatic heterocycles. The maximum Gasteiger partial charge on any atom is 0.401 e. The van der Waals surface area contributed by atoms with Crippen molar-refractivity contribution in [3.63, 3.8) is 0 Å². The number of carbonyl (C=O) groups is 1. The van der Waals surface area contributed by atoms with Crippen LogP contribution in [-0.4, -0.2) is 67.2 Å². The van der Waals surface area contributed by atoms with Gasteiger partial charge in [0, 0.05) is 32.2 Å². The zero-order valence-electron chi connectivity index (χ0n) is 12.3. The first-order valence-corrected chi connectivity index (χ1v) is 7.73. The Morgan fingerprint density at radius 3 is 2.14 bits per heavy atom. The minimum Gasteiger partial charge on any atom is -0.352 e. The molecule has 1 saturated heterocycles. The molecule has 0 aromatic carbocycles. The molecule has 1 aliphatic carbocycles. The lowest BCUT2D eigenvalue weighted by Gasteiger charge is -2.35. The van der Waals surface area contributed by atoms with Gasteiger partial charge < -0.3 is 5.32 Å². The summed E-state index contributed by atoms with van der Waals surface area (Å²) >= 11 is 0. The van der Waals surface area contributed by atoms with E-state index in [1.54, 1.807) is 0 Å². The minimum absolute atomic E-state index is 0.00571. The van der Waals surface area contributed by atoms with E-state index in [0.717, 1.165) is 12.8 Å². The van der Waals surface area contributed by atoms with Crippen molar-refractivity contribution in [3.8, 4) is 0 Å². The van der Waals surface area contributed by atoms with Crippen molar-refractivity contribution in [2.75, 3.05) is 39.3 Å². The number of nitrogens with one attached hydrogen (secondary N) is 1. The van der Waals surface area contributed by atoms with Gasteiger partial charge in [0.2, 0.25) is 5.91 Å². The maximum absolute atomic E-state index is 12.3. The molecule has 1 N–H and O–H groups in total. The number of halogens is 3. The van der Waals surface area contributed by atoms with Crippen LogP contribution in [0.2, 0.25) is 0 Å². The second-order valence-corrected chi connectivity index (χ2v) is 6.07. The molecule has 0 bridgehead atoms. The quantitative estimate of drug-likeness (QED) is 0.857. The maximum atomic E-state index is 12.3. The Bertz CT molecular complexity index is 335. The van der Waals surface area contributed by atoms with Crippen molar-refractivity contribution in [1.82, 2.24) is 15.1 Å². The molecule has 7 heteroatoms. The van der Waals surface area contributed by atoms with Crippen molar-refractivity contribution in [2.45, 2.75) is 44.3 Å². The molecular formula is C14H24F3N3O. The lowest BCUT2D eigenvalue weighted by atomic mass is 9.95. The topological polar surface area (TPSA) is 35.6 Å². The van der Waals surface area contributed by atoms with Crippen molar-refractivity contribution >= 4 is 5.91 Å². The number of rotatable bonds is 4. The van der Waals surface area contributed by atoms with Gasteiger partial charge in [-0.05, 0) is 12.8 Å². The Morgan fingerprint density at radius 1 is 1.00 bits per heavy atom. The summed E-state index contributed by atoms with van der Waals surface area (Å²) in [5, 5.41) is 3.04. The Balaban J connectivity index is 1.64. The van der Waals surface area contributed by atoms with E-state index >= 15 is 0 Å². The monoisotopic (exact) mass is 307 g/mol. The van der Waals surface area contributed by atoms with Crippen LogP contribution in [0.4, 0.5) is 13.2 Å². The summed E-state index contributed by atoms with van der Waals surface area (Å²) < 4.78 is 36.9. The third kappa shape index (κ3) is 6.22. The summed E-state index contributed by atoms with van der Waals surface area (Å²) in [6.45, 7) is 1.24. The molecule has 0 spiro atoms. The lowest BCUT2D eigenvalue weighted by molar-refractivity contribution is -0.150. The summed E-state index contributed by atoms with van der Waals surface area (Å²) in [5.41, 5.74) is 0. The van der Waals surface area contributed by atoms with Crippen molar-refractivity contribution in [1.29, 1.82) is 0 Å². The Hall–Kier alpha value is -0.820. The number of hydrogen-bond donors (Lipinski definition) is 1. The first kappa shape index (κ1) is 16.5. The van der Waals surface area contributed by atoms with Gasteiger partial charge in [-0.15, -0.1) is 0 Å². The number of amides is 1. The van der Waals surface area contributed by atoms with Gasteiger partial charge in [-0.1, -0.05) is 19.3 Å². The van der Waals surface area contributed by atoms with E-state index in [1.165, 1.54) is 24.2 Å². The minimum atomic E-state index is -4.14. The van der Waals surface area contributed by atoms with Gasteiger partial charge in [-0.25, -0.2) is 0 Å². The highest BCUT2D eigenvalue weighted by molar-refractivity contribution is 5.78. The second kappa shape index (κ2) is 7.45. The molecule has 122 valence electrons. The summed E-state index contributed by atoms with van der Waals surface area (Å²) in [6.07, 6.45) is 1.53. The largest absolute Gasteiger partial charge is 0.401 e. The summed E-state index contributed by atoms with van der Waals surface area (Å²) in [7, 11) is 0. The molecule has 0 unspecified atom stereocenters. The summed E-state index contributed by atoms with van der Waals surface area (Å²) in [4.78, 5) is 15.3. The van der Waals surface area contributed by atoms with Crippen LogP contribution in [0.3, 0.4) is 0 Å². The van der Waals surface area contributed by atoms with Crippen LogP contribution in [0.15, 0.2) is 0 Å². The molecule has 2 aliphatic rings. The number of piperazine rings is 1. The van der Waals surface area contributed by atoms with Crippen molar-refractivity contribution < 1.29 is 18.0 Å². The van der Waals surface area contributed by atoms with Gasteiger partial charge in [0.25, 0.3) is 0 Å². The second-order valence-electron chi connectivity index (χ2n) is 6.07. The standard InChI is InChI=1S/C14H24F3N3O/c15-14(16,17)11-20-8-6-19(7-9-20)10-13(21)18-12-4-2-1-3-5-12/h12H,1-11H2,(H,18,21). The van der Waals surface area contributed by atoms with Gasteiger partial charge in [0.15, 0.2) is 0 Å². The first-order valence-electron chi connectivity index (χ1n) is 7.73. The van der Waals surface area contributed by atoms with E-state index in [2.05, 4.69) is 5.32 Å². The van der Waals surface area contributed by atoms with E-state index < -0.39 is 12.7 Å². The highest BCUT2D eigenvalue weighted by atomic mass is 19.4. The Morgan fingerprint density at radius 2 is 1.57 bits per heavy atom. The number of carbonyl (C=O) groups excluding carboxylic acids is 1. The molecule has 1 saturated carbocycles. The molecule has 0 atom stereocenters. The normalized spacial score (nSPS) is 23.2. The van der Waals surface area contributed by atoms with Gasteiger partial charge in [-0.3, -0.25) is 14.6 Å². The van der Waals surface area contributed by atoms with E-state index in [4.69, 9.17) is 0 Å². The van der Waals surface area contributed by atoms with E-state index in [-0.39, 0.29) is 11.9 Å². The molecular weight excluding hydrogens is 283 g/mol. The summed E-state index contributed by atoms with van der Waals surface area (Å²) in [6, 6.07) is 0.290. The van der Waals surface area contributed by atoms with Gasteiger partial charge in [0.05, 0.1) is 13.1 Å². The average Bonchev–Trinajstić information content (AvgIpc) is 2.40. The van der Waals surface area contributed by atoms with Gasteiger partial charge in [-0.2, -0.15) is 13.2 Å². The molecule has 2 rings (SSSR count). The fraction of sp³-hybridized carbons (Fsp3) is 0.929. The molecule has 21 heavy (non-hydrogen) atoms. The summed E-state index contributed by atoms with van der Waals surface area (Å²) in [5.74, 6) is 0.00571. The van der Waals surface area contributed by atoms with Crippen LogP contribution >= 0.6 is 0 Å². The lowest BCUT2D eigenvalue weighted by Crippen LogP contribution is -2.52. The number of hydrogen-bond acceptors (Lipinski definition) is 3. The fourth-order valence-corrected chi connectivity index (χ4v) is 3.08. The molecule has 1 aliphatic heterocycles. The van der Waals surface area contributed by atoms with Crippen LogP contribution in [0.1, 0.15) is 32.1 Å². The third-order valence-corrected chi connectivity index (χ3v) is 4.21. The van der Waals surface area contributed by atoms with Crippen LogP contribution in [-0.2, 0) is 4.79 Å². The molecule has 1 heterocycles. The predicted octanol–water partition coefficient (Wildman–Crippen LogP) is 1.62. The van der Waals surface area contributed by atoms with Crippen molar-refractivity contribution in [3.05, 3.63) is 0 Å². The Labute approximate surface area is 123 Å². The molecule has 1 amide bonds. The molecule has 4 nitrogen and oxygen atoms in total. The first-order chi connectivity index (χ1) is 9.92. The zero-order chi connectivity index (χ0) is 15.3. The molecule has 0 aromatic rings. The smallest absolute Gasteiger partial charge is 0.352 e. The highest BCUT2D eigenvalue weighted by Gasteiger charge is 2.32. The number of alkyl halides is 3. The molecule has 0 radical (unpaired) electrons. The van der Waals surface area contributed by atoms with Crippen LogP contribution in [0.5, 0.6) is 0 Å². The van der Waals surface area contributed by atoms with E-state index in [1.807, 2.05) is 4.90 Å². The number of nitrogens with zero attached hydrogens (tertiary/aromatic N) is 2. The van der Waals surface area contributed by atoms with Crippen LogP contribution in [0.25, 0.3) is 0 Å². The van der Waals surface area contributed by atoms with Gasteiger partial charge in [0.1, 0.15) is 0 Å². The van der Waals surface area contributed by atoms with Crippen LogP contribution < -0.4 is 5.32 Å². The highest BCUT2D eigenvalue weighted by Crippen LogP contribution is 2.18. The molecule has 2 fully saturated rings. The Kier molecular flexibility index (Phi) is 5.87. The average molecular weight is 307 g/mol.